The van der Waals surface area contributed by atoms with Crippen LogP contribution >= 0.6 is 0 Å². The van der Waals surface area contributed by atoms with E-state index < -0.39 is 16.1 Å². The third-order valence-corrected chi connectivity index (χ3v) is 5.49. The van der Waals surface area contributed by atoms with Crippen molar-refractivity contribution < 1.29 is 13.2 Å². The molecule has 132 valence electrons. The molecule has 0 spiro atoms. The Balaban J connectivity index is 1.81. The van der Waals surface area contributed by atoms with Gasteiger partial charge < -0.3 is 0 Å². The Bertz CT molecular complexity index is 905. The van der Waals surface area contributed by atoms with Crippen molar-refractivity contribution in [1.29, 1.82) is 0 Å². The first kappa shape index (κ1) is 17.3. The molecule has 0 fully saturated rings. The third kappa shape index (κ3) is 3.96. The summed E-state index contributed by atoms with van der Waals surface area (Å²) in [6.45, 7) is 3.54. The highest BCUT2D eigenvalue weighted by atomic mass is 32.2. The summed E-state index contributed by atoms with van der Waals surface area (Å²) < 4.78 is 27.3. The van der Waals surface area contributed by atoms with Crippen LogP contribution in [0, 0.1) is 13.8 Å². The van der Waals surface area contributed by atoms with Crippen LogP contribution in [0.2, 0.25) is 0 Å². The van der Waals surface area contributed by atoms with E-state index in [-0.39, 0.29) is 10.8 Å². The van der Waals surface area contributed by atoms with Crippen LogP contribution in [0.25, 0.3) is 0 Å². The van der Waals surface area contributed by atoms with Crippen molar-refractivity contribution in [1.82, 2.24) is 14.7 Å². The predicted molar refractivity (Wildman–Crippen MR) is 93.9 cm³/mol. The molecule has 25 heavy (non-hydrogen) atoms. The predicted octanol–water partition coefficient (Wildman–Crippen LogP) is 2.48. The fourth-order valence-corrected chi connectivity index (χ4v) is 4.30. The van der Waals surface area contributed by atoms with Crippen LogP contribution in [0.3, 0.4) is 0 Å². The standard InChI is InChI=1S/C17H20N4O3S/c1-11-10-12(2)19-16(18-11)20-17(22)21-25(23,24)15-9-5-7-13-6-3-4-8-14(13)15/h5,7,9-10H,3-4,6,8H2,1-2H3,(H2,18,19,20,21,22). The summed E-state index contributed by atoms with van der Waals surface area (Å²) in [6.07, 6.45) is 3.56. The minimum Gasteiger partial charge on any atom is -0.275 e. The number of carbonyl (C=O) groups excluding carboxylic acids is 1. The molecule has 1 heterocycles. The van der Waals surface area contributed by atoms with Crippen molar-refractivity contribution in [2.45, 2.75) is 44.4 Å². The number of benzene rings is 1. The molecular formula is C17H20N4O3S. The number of rotatable bonds is 3. The first-order chi connectivity index (χ1) is 11.8. The number of carbonyl (C=O) groups is 1. The molecule has 1 aromatic heterocycles. The fourth-order valence-electron chi connectivity index (χ4n) is 3.08. The van der Waals surface area contributed by atoms with Gasteiger partial charge in [-0.05, 0) is 62.8 Å². The molecule has 1 aromatic carbocycles. The van der Waals surface area contributed by atoms with Crippen LogP contribution in [0.1, 0.15) is 35.4 Å². The smallest absolute Gasteiger partial charge is 0.275 e. The van der Waals surface area contributed by atoms with Crippen LogP contribution in [0.15, 0.2) is 29.2 Å². The average molecular weight is 360 g/mol. The minimum absolute atomic E-state index is 0.0697. The molecule has 0 saturated carbocycles. The van der Waals surface area contributed by atoms with Crippen LogP contribution in [0.4, 0.5) is 10.7 Å². The molecule has 0 aliphatic heterocycles. The molecule has 0 bridgehead atoms. The quantitative estimate of drug-likeness (QED) is 0.876. The zero-order valence-electron chi connectivity index (χ0n) is 14.2. The molecule has 2 aromatic rings. The largest absolute Gasteiger partial charge is 0.335 e. The van der Waals surface area contributed by atoms with Crippen LogP contribution in [0.5, 0.6) is 0 Å². The Morgan fingerprint density at radius 2 is 1.76 bits per heavy atom. The summed E-state index contributed by atoms with van der Waals surface area (Å²) in [5.74, 6) is 0.0697. The molecule has 0 unspecified atom stereocenters. The van der Waals surface area contributed by atoms with Gasteiger partial charge >= 0.3 is 6.03 Å². The van der Waals surface area contributed by atoms with Gasteiger partial charge in [0.15, 0.2) is 0 Å². The van der Waals surface area contributed by atoms with E-state index in [1.807, 2.05) is 6.07 Å². The van der Waals surface area contributed by atoms with Gasteiger partial charge in [-0.2, -0.15) is 0 Å². The lowest BCUT2D eigenvalue weighted by Crippen LogP contribution is -2.35. The van der Waals surface area contributed by atoms with Crippen molar-refractivity contribution >= 4 is 22.0 Å². The van der Waals surface area contributed by atoms with Crippen molar-refractivity contribution in [2.75, 3.05) is 5.32 Å². The van der Waals surface area contributed by atoms with Crippen LogP contribution in [-0.2, 0) is 22.9 Å². The Kier molecular flexibility index (Phi) is 4.71. The molecular weight excluding hydrogens is 340 g/mol. The van der Waals surface area contributed by atoms with Crippen LogP contribution in [-0.4, -0.2) is 24.4 Å². The van der Waals surface area contributed by atoms with Crippen molar-refractivity contribution in [2.24, 2.45) is 0 Å². The molecule has 1 aliphatic rings. The summed E-state index contributed by atoms with van der Waals surface area (Å²) in [5.41, 5.74) is 3.20. The highest BCUT2D eigenvalue weighted by Crippen LogP contribution is 2.27. The molecule has 1 aliphatic carbocycles. The Labute approximate surface area is 146 Å². The first-order valence-corrected chi connectivity index (χ1v) is 9.60. The van der Waals surface area contributed by atoms with E-state index in [0.29, 0.717) is 17.8 Å². The number of sulfonamides is 1. The topological polar surface area (TPSA) is 101 Å². The summed E-state index contributed by atoms with van der Waals surface area (Å²) in [4.78, 5) is 20.4. The lowest BCUT2D eigenvalue weighted by molar-refractivity contribution is 0.256. The lowest BCUT2D eigenvalue weighted by Gasteiger charge is -2.19. The number of amides is 2. The number of nitrogens with zero attached hydrogens (tertiary/aromatic N) is 2. The van der Waals surface area contributed by atoms with Gasteiger partial charge in [0, 0.05) is 11.4 Å². The summed E-state index contributed by atoms with van der Waals surface area (Å²) in [7, 11) is -3.96. The zero-order chi connectivity index (χ0) is 18.0. The molecule has 3 rings (SSSR count). The van der Waals surface area contributed by atoms with Crippen molar-refractivity contribution in [3.63, 3.8) is 0 Å². The number of aryl methyl sites for hydroxylation is 3. The minimum atomic E-state index is -3.96. The van der Waals surface area contributed by atoms with E-state index in [2.05, 4.69) is 20.0 Å². The normalized spacial score (nSPS) is 13.8. The van der Waals surface area contributed by atoms with E-state index >= 15 is 0 Å². The molecule has 2 N–H and O–H groups in total. The lowest BCUT2D eigenvalue weighted by atomic mass is 9.92. The number of urea groups is 1. The van der Waals surface area contributed by atoms with E-state index in [1.54, 1.807) is 26.0 Å². The number of nitrogens with one attached hydrogen (secondary N) is 2. The van der Waals surface area contributed by atoms with Crippen LogP contribution < -0.4 is 10.0 Å². The molecule has 0 saturated heterocycles. The maximum absolute atomic E-state index is 12.6. The highest BCUT2D eigenvalue weighted by Gasteiger charge is 2.24. The van der Waals surface area contributed by atoms with Crippen molar-refractivity contribution in [3.8, 4) is 0 Å². The van der Waals surface area contributed by atoms with E-state index in [4.69, 9.17) is 0 Å². The fraction of sp³-hybridized carbons (Fsp3) is 0.353. The third-order valence-electron chi connectivity index (χ3n) is 4.08. The second-order valence-electron chi connectivity index (χ2n) is 6.13. The van der Waals surface area contributed by atoms with Gasteiger partial charge in [-0.25, -0.2) is 27.9 Å². The Hall–Kier alpha value is -2.48. The zero-order valence-corrected chi connectivity index (χ0v) is 15.0. The van der Waals surface area contributed by atoms with Gasteiger partial charge in [-0.3, -0.25) is 5.32 Å². The molecule has 2 amide bonds. The SMILES string of the molecule is Cc1cc(C)nc(NC(=O)NS(=O)(=O)c2cccc3c2CCCC3)n1. The first-order valence-electron chi connectivity index (χ1n) is 8.12. The van der Waals surface area contributed by atoms with Gasteiger partial charge in [0.1, 0.15) is 0 Å². The summed E-state index contributed by atoms with van der Waals surface area (Å²) in [6, 6.07) is 6.07. The summed E-state index contributed by atoms with van der Waals surface area (Å²) in [5, 5.41) is 2.38. The number of aromatic nitrogens is 2. The monoisotopic (exact) mass is 360 g/mol. The second kappa shape index (κ2) is 6.79. The Morgan fingerprint density at radius 1 is 1.08 bits per heavy atom. The van der Waals surface area contributed by atoms with E-state index in [1.165, 1.54) is 6.07 Å². The number of fused-ring (bicyclic) bond motifs is 1. The number of hydrogen-bond acceptors (Lipinski definition) is 5. The number of hydrogen-bond donors (Lipinski definition) is 2. The molecule has 0 radical (unpaired) electrons. The molecule has 0 atom stereocenters. The van der Waals surface area contributed by atoms with E-state index in [0.717, 1.165) is 30.4 Å². The maximum Gasteiger partial charge on any atom is 0.335 e. The van der Waals surface area contributed by atoms with Crippen molar-refractivity contribution in [3.05, 3.63) is 46.8 Å². The number of anilines is 1. The molecule has 7 nitrogen and oxygen atoms in total. The van der Waals surface area contributed by atoms with Gasteiger partial charge in [-0.15, -0.1) is 0 Å². The van der Waals surface area contributed by atoms with E-state index in [9.17, 15) is 13.2 Å². The maximum atomic E-state index is 12.6. The van der Waals surface area contributed by atoms with Gasteiger partial charge in [-0.1, -0.05) is 12.1 Å². The highest BCUT2D eigenvalue weighted by molar-refractivity contribution is 7.90. The average Bonchev–Trinajstić information content (AvgIpc) is 2.52. The van der Waals surface area contributed by atoms with Gasteiger partial charge in [0.2, 0.25) is 5.95 Å². The Morgan fingerprint density at radius 3 is 2.48 bits per heavy atom. The molecule has 8 heteroatoms. The summed E-state index contributed by atoms with van der Waals surface area (Å²) >= 11 is 0. The second-order valence-corrected chi connectivity index (χ2v) is 7.79. The van der Waals surface area contributed by atoms with Gasteiger partial charge in [0.05, 0.1) is 4.90 Å². The van der Waals surface area contributed by atoms with Gasteiger partial charge in [0.25, 0.3) is 10.0 Å².